The number of hydrogen-bond acceptors (Lipinski definition) is 2. The van der Waals surface area contributed by atoms with Gasteiger partial charge in [-0.25, -0.2) is 0 Å². The fourth-order valence-corrected chi connectivity index (χ4v) is 2.93. The van der Waals surface area contributed by atoms with E-state index in [4.69, 9.17) is 0 Å². The van der Waals surface area contributed by atoms with E-state index in [1.54, 1.807) is 0 Å². The fraction of sp³-hybridized carbons (Fsp3) is 0.300. The van der Waals surface area contributed by atoms with Crippen LogP contribution < -0.4 is 10.6 Å². The first-order chi connectivity index (χ1) is 11.3. The SMILES string of the molecule is Cc1cc(C)cc(C(=O)NCC(=O)Nc2c(C)cc(C)cc2C)c1. The van der Waals surface area contributed by atoms with Crippen LogP contribution in [0, 0.1) is 34.6 Å². The van der Waals surface area contributed by atoms with Crippen molar-refractivity contribution >= 4 is 17.5 Å². The number of carbonyl (C=O) groups excluding carboxylic acids is 2. The molecule has 0 atom stereocenters. The number of carbonyl (C=O) groups is 2. The summed E-state index contributed by atoms with van der Waals surface area (Å²) >= 11 is 0. The lowest BCUT2D eigenvalue weighted by atomic mass is 10.1. The lowest BCUT2D eigenvalue weighted by Gasteiger charge is -2.13. The van der Waals surface area contributed by atoms with Gasteiger partial charge in [-0.05, 0) is 57.9 Å². The molecule has 4 heteroatoms. The Balaban J connectivity index is 2.00. The number of amides is 2. The Morgan fingerprint density at radius 2 is 1.29 bits per heavy atom. The van der Waals surface area contributed by atoms with Gasteiger partial charge in [0.15, 0.2) is 0 Å². The lowest BCUT2D eigenvalue weighted by Crippen LogP contribution is -2.33. The normalized spacial score (nSPS) is 10.4. The average Bonchev–Trinajstić information content (AvgIpc) is 2.47. The molecule has 24 heavy (non-hydrogen) atoms. The van der Waals surface area contributed by atoms with E-state index in [1.165, 1.54) is 0 Å². The Labute approximate surface area is 143 Å². The predicted octanol–water partition coefficient (Wildman–Crippen LogP) is 3.60. The number of benzene rings is 2. The predicted molar refractivity (Wildman–Crippen MR) is 97.5 cm³/mol. The van der Waals surface area contributed by atoms with E-state index in [9.17, 15) is 9.59 Å². The molecular formula is C20H24N2O2. The van der Waals surface area contributed by atoms with E-state index in [2.05, 4.69) is 10.6 Å². The quantitative estimate of drug-likeness (QED) is 0.903. The molecule has 0 radical (unpaired) electrons. The third-order valence-electron chi connectivity index (χ3n) is 3.83. The van der Waals surface area contributed by atoms with E-state index in [1.807, 2.05) is 65.0 Å². The minimum absolute atomic E-state index is 0.0570. The topological polar surface area (TPSA) is 58.2 Å². The third kappa shape index (κ3) is 4.44. The van der Waals surface area contributed by atoms with Crippen LogP contribution in [0.3, 0.4) is 0 Å². The zero-order valence-corrected chi connectivity index (χ0v) is 14.9. The van der Waals surface area contributed by atoms with E-state index < -0.39 is 0 Å². The zero-order valence-electron chi connectivity index (χ0n) is 14.9. The molecule has 2 aromatic carbocycles. The van der Waals surface area contributed by atoms with Crippen LogP contribution in [-0.2, 0) is 4.79 Å². The third-order valence-corrected chi connectivity index (χ3v) is 3.83. The zero-order chi connectivity index (χ0) is 17.9. The maximum absolute atomic E-state index is 12.2. The smallest absolute Gasteiger partial charge is 0.251 e. The molecule has 0 saturated carbocycles. The first kappa shape index (κ1) is 17.7. The Morgan fingerprint density at radius 3 is 1.83 bits per heavy atom. The molecule has 0 bridgehead atoms. The molecule has 2 aromatic rings. The number of hydrogen-bond donors (Lipinski definition) is 2. The molecule has 2 N–H and O–H groups in total. The number of rotatable bonds is 4. The van der Waals surface area contributed by atoms with Gasteiger partial charge in [-0.15, -0.1) is 0 Å². The van der Waals surface area contributed by atoms with Crippen molar-refractivity contribution in [3.63, 3.8) is 0 Å². The van der Waals surface area contributed by atoms with Gasteiger partial charge in [-0.1, -0.05) is 34.9 Å². The van der Waals surface area contributed by atoms with Crippen molar-refractivity contribution in [1.82, 2.24) is 5.32 Å². The molecule has 2 amide bonds. The van der Waals surface area contributed by atoms with Gasteiger partial charge in [0.1, 0.15) is 0 Å². The van der Waals surface area contributed by atoms with Crippen LogP contribution >= 0.6 is 0 Å². The van der Waals surface area contributed by atoms with Crippen molar-refractivity contribution in [3.05, 3.63) is 63.7 Å². The molecule has 0 saturated heterocycles. The van der Waals surface area contributed by atoms with Gasteiger partial charge < -0.3 is 10.6 Å². The number of anilines is 1. The van der Waals surface area contributed by atoms with Gasteiger partial charge in [0.2, 0.25) is 5.91 Å². The Hall–Kier alpha value is -2.62. The second-order valence-corrected chi connectivity index (χ2v) is 6.38. The molecule has 0 aromatic heterocycles. The second kappa shape index (κ2) is 7.30. The van der Waals surface area contributed by atoms with Gasteiger partial charge in [-0.3, -0.25) is 9.59 Å². The van der Waals surface area contributed by atoms with Crippen LogP contribution in [0.1, 0.15) is 38.2 Å². The first-order valence-electron chi connectivity index (χ1n) is 8.00. The minimum Gasteiger partial charge on any atom is -0.343 e. The summed E-state index contributed by atoms with van der Waals surface area (Å²) in [4.78, 5) is 24.3. The van der Waals surface area contributed by atoms with Gasteiger partial charge in [0, 0.05) is 11.3 Å². The van der Waals surface area contributed by atoms with Gasteiger partial charge >= 0.3 is 0 Å². The van der Waals surface area contributed by atoms with Crippen LogP contribution in [-0.4, -0.2) is 18.4 Å². The van der Waals surface area contributed by atoms with E-state index >= 15 is 0 Å². The molecule has 0 heterocycles. The summed E-state index contributed by atoms with van der Waals surface area (Å²) in [5, 5.41) is 5.55. The van der Waals surface area contributed by atoms with E-state index in [0.29, 0.717) is 5.56 Å². The summed E-state index contributed by atoms with van der Waals surface area (Å²) in [6.45, 7) is 9.78. The number of aryl methyl sites for hydroxylation is 5. The highest BCUT2D eigenvalue weighted by molar-refractivity contribution is 6.00. The molecular weight excluding hydrogens is 300 g/mol. The van der Waals surface area contributed by atoms with Crippen LogP contribution in [0.4, 0.5) is 5.69 Å². The molecule has 2 rings (SSSR count). The van der Waals surface area contributed by atoms with Crippen molar-refractivity contribution < 1.29 is 9.59 Å². The Kier molecular flexibility index (Phi) is 5.39. The maximum atomic E-state index is 12.2. The monoisotopic (exact) mass is 324 g/mol. The number of nitrogens with one attached hydrogen (secondary N) is 2. The second-order valence-electron chi connectivity index (χ2n) is 6.38. The summed E-state index contributed by atoms with van der Waals surface area (Å²) < 4.78 is 0. The fourth-order valence-electron chi connectivity index (χ4n) is 2.93. The molecule has 4 nitrogen and oxygen atoms in total. The molecule has 0 unspecified atom stereocenters. The van der Waals surface area contributed by atoms with Crippen LogP contribution in [0.15, 0.2) is 30.3 Å². The Morgan fingerprint density at radius 1 is 0.792 bits per heavy atom. The highest BCUT2D eigenvalue weighted by atomic mass is 16.2. The maximum Gasteiger partial charge on any atom is 0.251 e. The molecule has 0 spiro atoms. The van der Waals surface area contributed by atoms with Crippen molar-refractivity contribution in [2.75, 3.05) is 11.9 Å². The van der Waals surface area contributed by atoms with Crippen molar-refractivity contribution in [2.24, 2.45) is 0 Å². The van der Waals surface area contributed by atoms with Crippen molar-refractivity contribution in [1.29, 1.82) is 0 Å². The summed E-state index contributed by atoms with van der Waals surface area (Å²) in [7, 11) is 0. The Bertz CT molecular complexity index is 751. The van der Waals surface area contributed by atoms with Crippen LogP contribution in [0.2, 0.25) is 0 Å². The minimum atomic E-state index is -0.241. The van der Waals surface area contributed by atoms with E-state index in [-0.39, 0.29) is 18.4 Å². The van der Waals surface area contributed by atoms with Crippen molar-refractivity contribution in [2.45, 2.75) is 34.6 Å². The molecule has 0 aliphatic carbocycles. The summed E-state index contributed by atoms with van der Waals surface area (Å²) in [5.74, 6) is -0.475. The van der Waals surface area contributed by atoms with Gasteiger partial charge in [0.25, 0.3) is 5.91 Å². The highest BCUT2D eigenvalue weighted by Gasteiger charge is 2.11. The summed E-state index contributed by atoms with van der Waals surface area (Å²) in [5.41, 5.74) is 6.62. The molecule has 0 fully saturated rings. The molecule has 0 aliphatic rings. The lowest BCUT2D eigenvalue weighted by molar-refractivity contribution is -0.115. The van der Waals surface area contributed by atoms with Gasteiger partial charge in [0.05, 0.1) is 6.54 Å². The van der Waals surface area contributed by atoms with Crippen LogP contribution in [0.25, 0.3) is 0 Å². The first-order valence-corrected chi connectivity index (χ1v) is 8.00. The van der Waals surface area contributed by atoms with Crippen LogP contribution in [0.5, 0.6) is 0 Å². The van der Waals surface area contributed by atoms with Crippen molar-refractivity contribution in [3.8, 4) is 0 Å². The largest absolute Gasteiger partial charge is 0.343 e. The summed E-state index contributed by atoms with van der Waals surface area (Å²) in [6.07, 6.45) is 0. The van der Waals surface area contributed by atoms with E-state index in [0.717, 1.165) is 33.5 Å². The molecule has 126 valence electrons. The highest BCUT2D eigenvalue weighted by Crippen LogP contribution is 2.21. The van der Waals surface area contributed by atoms with Gasteiger partial charge in [-0.2, -0.15) is 0 Å². The summed E-state index contributed by atoms with van der Waals surface area (Å²) in [6, 6.07) is 9.68. The average molecular weight is 324 g/mol. The molecule has 0 aliphatic heterocycles. The standard InChI is InChI=1S/C20H24N2O2/c1-12-6-13(2)10-17(9-12)20(24)21-11-18(23)22-19-15(4)7-14(3)8-16(19)5/h6-10H,11H2,1-5H3,(H,21,24)(H,22,23).